The number of nitrogens with one attached hydrogen (secondary N) is 1. The zero-order valence-corrected chi connectivity index (χ0v) is 15.7. The van der Waals surface area contributed by atoms with Gasteiger partial charge in [0, 0.05) is 33.2 Å². The number of rotatable bonds is 7. The van der Waals surface area contributed by atoms with Gasteiger partial charge in [0.15, 0.2) is 0 Å². The Balaban J connectivity index is 2.09. The Morgan fingerprint density at radius 1 is 1.44 bits per heavy atom. The highest BCUT2D eigenvalue weighted by Crippen LogP contribution is 2.21. The van der Waals surface area contributed by atoms with E-state index in [-0.39, 0.29) is 18.2 Å². The van der Waals surface area contributed by atoms with Crippen LogP contribution >= 0.6 is 0 Å². The van der Waals surface area contributed by atoms with Crippen LogP contribution in [0.15, 0.2) is 18.2 Å². The van der Waals surface area contributed by atoms with Gasteiger partial charge in [-0.2, -0.15) is 0 Å². The normalized spacial score (nSPS) is 17.9. The molecule has 1 N–H and O–H groups in total. The summed E-state index contributed by atoms with van der Waals surface area (Å²) in [5, 5.41) is 2.88. The van der Waals surface area contributed by atoms with E-state index in [0.717, 1.165) is 29.8 Å². The average molecular weight is 347 g/mol. The molecule has 1 aliphatic heterocycles. The van der Waals surface area contributed by atoms with Crippen molar-refractivity contribution in [3.63, 3.8) is 0 Å². The number of hydrogen-bond acceptors (Lipinski definition) is 4. The molecule has 2 rings (SSSR count). The predicted octanol–water partition coefficient (Wildman–Crippen LogP) is 1.56. The number of carbonyl (C=O) groups is 2. The van der Waals surface area contributed by atoms with Crippen LogP contribution in [0, 0.1) is 6.92 Å². The summed E-state index contributed by atoms with van der Waals surface area (Å²) in [6.07, 6.45) is 1.13. The minimum Gasteiger partial charge on any atom is -0.496 e. The largest absolute Gasteiger partial charge is 0.496 e. The zero-order chi connectivity index (χ0) is 18.4. The molecular weight excluding hydrogens is 318 g/mol. The Morgan fingerprint density at radius 3 is 2.84 bits per heavy atom. The fraction of sp³-hybridized carbons (Fsp3) is 0.579. The molecule has 1 fully saturated rings. The second-order valence-corrected chi connectivity index (χ2v) is 6.60. The van der Waals surface area contributed by atoms with Gasteiger partial charge in [-0.15, -0.1) is 0 Å². The molecule has 1 heterocycles. The molecule has 138 valence electrons. The Morgan fingerprint density at radius 2 is 2.20 bits per heavy atom. The summed E-state index contributed by atoms with van der Waals surface area (Å²) in [7, 11) is 3.45. The SMILES string of the molecule is CCCN(C)C(=O)CC1C(=O)NCCN1Cc1ccc(OC)c(C)c1. The van der Waals surface area contributed by atoms with E-state index in [1.54, 1.807) is 19.1 Å². The minimum atomic E-state index is -0.414. The van der Waals surface area contributed by atoms with Crippen LogP contribution in [0.4, 0.5) is 0 Å². The van der Waals surface area contributed by atoms with E-state index >= 15 is 0 Å². The van der Waals surface area contributed by atoms with Crippen LogP contribution in [-0.4, -0.2) is 61.4 Å². The summed E-state index contributed by atoms with van der Waals surface area (Å²) in [6, 6.07) is 5.63. The van der Waals surface area contributed by atoms with Crippen molar-refractivity contribution in [1.29, 1.82) is 0 Å². The number of nitrogens with zero attached hydrogens (tertiary/aromatic N) is 2. The first kappa shape index (κ1) is 19.2. The maximum absolute atomic E-state index is 12.4. The lowest BCUT2D eigenvalue weighted by Crippen LogP contribution is -2.56. The van der Waals surface area contributed by atoms with Crippen molar-refractivity contribution >= 4 is 11.8 Å². The van der Waals surface area contributed by atoms with Gasteiger partial charge in [0.25, 0.3) is 0 Å². The molecule has 2 amide bonds. The zero-order valence-electron chi connectivity index (χ0n) is 15.7. The van der Waals surface area contributed by atoms with E-state index in [1.165, 1.54) is 0 Å². The number of hydrogen-bond donors (Lipinski definition) is 1. The van der Waals surface area contributed by atoms with Crippen molar-refractivity contribution < 1.29 is 14.3 Å². The van der Waals surface area contributed by atoms with Crippen LogP contribution in [-0.2, 0) is 16.1 Å². The summed E-state index contributed by atoms with van der Waals surface area (Å²) in [4.78, 5) is 28.5. The fourth-order valence-electron chi connectivity index (χ4n) is 3.23. The number of methoxy groups -OCH3 is 1. The second kappa shape index (κ2) is 8.85. The van der Waals surface area contributed by atoms with E-state index in [0.29, 0.717) is 19.6 Å². The molecule has 0 aliphatic carbocycles. The lowest BCUT2D eigenvalue weighted by molar-refractivity contribution is -0.138. The topological polar surface area (TPSA) is 61.9 Å². The molecule has 1 saturated heterocycles. The first-order chi connectivity index (χ1) is 12.0. The summed E-state index contributed by atoms with van der Waals surface area (Å²) < 4.78 is 5.30. The standard InChI is InChI=1S/C19H29N3O3/c1-5-9-21(3)18(23)12-16-19(24)20-8-10-22(16)13-15-6-7-17(25-4)14(2)11-15/h6-7,11,16H,5,8-10,12-13H2,1-4H3,(H,20,24). The van der Waals surface area contributed by atoms with Gasteiger partial charge >= 0.3 is 0 Å². The third-order valence-electron chi connectivity index (χ3n) is 4.64. The van der Waals surface area contributed by atoms with Crippen molar-refractivity contribution in [2.24, 2.45) is 0 Å². The quantitative estimate of drug-likeness (QED) is 0.813. The first-order valence-electron chi connectivity index (χ1n) is 8.85. The highest BCUT2D eigenvalue weighted by Gasteiger charge is 2.32. The molecular formula is C19H29N3O3. The Hall–Kier alpha value is -2.08. The Labute approximate surface area is 150 Å². The molecule has 1 unspecified atom stereocenters. The average Bonchev–Trinajstić information content (AvgIpc) is 2.58. The summed E-state index contributed by atoms with van der Waals surface area (Å²) >= 11 is 0. The Bertz CT molecular complexity index is 618. The van der Waals surface area contributed by atoms with E-state index < -0.39 is 6.04 Å². The van der Waals surface area contributed by atoms with E-state index in [1.807, 2.05) is 26.0 Å². The van der Waals surface area contributed by atoms with Crippen molar-refractivity contribution in [1.82, 2.24) is 15.1 Å². The van der Waals surface area contributed by atoms with E-state index in [9.17, 15) is 9.59 Å². The van der Waals surface area contributed by atoms with Gasteiger partial charge in [-0.25, -0.2) is 0 Å². The number of benzene rings is 1. The molecule has 0 spiro atoms. The Kier molecular flexibility index (Phi) is 6.82. The molecule has 1 aromatic rings. The maximum Gasteiger partial charge on any atom is 0.237 e. The maximum atomic E-state index is 12.4. The molecule has 25 heavy (non-hydrogen) atoms. The molecule has 0 radical (unpaired) electrons. The molecule has 0 aromatic heterocycles. The van der Waals surface area contributed by atoms with Crippen LogP contribution in [0.25, 0.3) is 0 Å². The van der Waals surface area contributed by atoms with E-state index in [2.05, 4.69) is 16.3 Å². The van der Waals surface area contributed by atoms with Gasteiger partial charge < -0.3 is 15.0 Å². The third-order valence-corrected chi connectivity index (χ3v) is 4.64. The fourth-order valence-corrected chi connectivity index (χ4v) is 3.23. The molecule has 1 atom stereocenters. The van der Waals surface area contributed by atoms with Gasteiger partial charge in [0.1, 0.15) is 5.75 Å². The molecule has 6 heteroatoms. The molecule has 1 aromatic carbocycles. The number of piperazine rings is 1. The predicted molar refractivity (Wildman–Crippen MR) is 97.5 cm³/mol. The molecule has 1 aliphatic rings. The van der Waals surface area contributed by atoms with Crippen molar-refractivity contribution in [2.75, 3.05) is 33.8 Å². The van der Waals surface area contributed by atoms with Crippen LogP contribution in [0.1, 0.15) is 30.9 Å². The van der Waals surface area contributed by atoms with Crippen molar-refractivity contribution in [2.45, 2.75) is 39.3 Å². The van der Waals surface area contributed by atoms with Gasteiger partial charge in [0.05, 0.1) is 19.6 Å². The van der Waals surface area contributed by atoms with Gasteiger partial charge in [-0.1, -0.05) is 19.1 Å². The first-order valence-corrected chi connectivity index (χ1v) is 8.85. The number of carbonyl (C=O) groups excluding carboxylic acids is 2. The summed E-state index contributed by atoms with van der Waals surface area (Å²) in [5.74, 6) is 0.808. The highest BCUT2D eigenvalue weighted by atomic mass is 16.5. The monoisotopic (exact) mass is 347 g/mol. The molecule has 6 nitrogen and oxygen atoms in total. The number of amides is 2. The summed E-state index contributed by atoms with van der Waals surface area (Å²) in [5.41, 5.74) is 2.18. The lowest BCUT2D eigenvalue weighted by Gasteiger charge is -2.35. The van der Waals surface area contributed by atoms with Crippen LogP contribution in [0.5, 0.6) is 5.75 Å². The van der Waals surface area contributed by atoms with Crippen molar-refractivity contribution in [3.05, 3.63) is 29.3 Å². The minimum absolute atomic E-state index is 0.0137. The third kappa shape index (κ3) is 4.95. The van der Waals surface area contributed by atoms with Crippen LogP contribution < -0.4 is 10.1 Å². The van der Waals surface area contributed by atoms with E-state index in [4.69, 9.17) is 4.74 Å². The highest BCUT2D eigenvalue weighted by molar-refractivity contribution is 5.88. The van der Waals surface area contributed by atoms with Crippen LogP contribution in [0.2, 0.25) is 0 Å². The smallest absolute Gasteiger partial charge is 0.237 e. The van der Waals surface area contributed by atoms with Gasteiger partial charge in [-0.3, -0.25) is 14.5 Å². The lowest BCUT2D eigenvalue weighted by atomic mass is 10.0. The van der Waals surface area contributed by atoms with Gasteiger partial charge in [0.2, 0.25) is 11.8 Å². The molecule has 0 bridgehead atoms. The van der Waals surface area contributed by atoms with Gasteiger partial charge in [-0.05, 0) is 30.5 Å². The summed E-state index contributed by atoms with van der Waals surface area (Å²) in [6.45, 7) is 6.76. The number of ether oxygens (including phenoxy) is 1. The second-order valence-electron chi connectivity index (χ2n) is 6.60. The van der Waals surface area contributed by atoms with Crippen LogP contribution in [0.3, 0.4) is 0 Å². The van der Waals surface area contributed by atoms with Crippen molar-refractivity contribution in [3.8, 4) is 5.75 Å². The number of aryl methyl sites for hydroxylation is 1. The molecule has 0 saturated carbocycles.